The Morgan fingerprint density at radius 1 is 1.05 bits per heavy atom. The van der Waals surface area contributed by atoms with Crippen LogP contribution >= 0.6 is 0 Å². The lowest BCUT2D eigenvalue weighted by atomic mass is 10.0. The van der Waals surface area contributed by atoms with Crippen LogP contribution in [0.4, 0.5) is 5.95 Å². The normalized spacial score (nSPS) is 25.8. The fourth-order valence-electron chi connectivity index (χ4n) is 3.13. The first kappa shape index (κ1) is 10.9. The molecule has 0 spiro atoms. The molecule has 4 rings (SSSR count). The molecule has 19 heavy (non-hydrogen) atoms. The molecule has 0 bridgehead atoms. The smallest absolute Gasteiger partial charge is 0.250 e. The summed E-state index contributed by atoms with van der Waals surface area (Å²) in [6.07, 6.45) is 0. The lowest BCUT2D eigenvalue weighted by Gasteiger charge is -2.17. The van der Waals surface area contributed by atoms with Gasteiger partial charge in [0, 0.05) is 26.2 Å². The number of hydrogen-bond donors (Lipinski definition) is 1. The van der Waals surface area contributed by atoms with E-state index in [4.69, 9.17) is 0 Å². The molecule has 1 aromatic heterocycles. The Kier molecular flexibility index (Phi) is 2.48. The fourth-order valence-corrected chi connectivity index (χ4v) is 3.13. The van der Waals surface area contributed by atoms with Crippen LogP contribution in [0.3, 0.4) is 0 Å². The minimum Gasteiger partial charge on any atom is -0.339 e. The molecule has 0 amide bonds. The minimum atomic E-state index is 0.737. The summed E-state index contributed by atoms with van der Waals surface area (Å²) in [4.78, 5) is 2.31. The SMILES string of the molecule is c1ccc(-n2nnnc2N2C[C@H]3CNC[C@@H]3C2)cc1. The van der Waals surface area contributed by atoms with Crippen LogP contribution in [-0.4, -0.2) is 46.4 Å². The number of tetrazole rings is 1. The molecule has 0 unspecified atom stereocenters. The van der Waals surface area contributed by atoms with Crippen molar-refractivity contribution in [2.45, 2.75) is 0 Å². The summed E-state index contributed by atoms with van der Waals surface area (Å²) in [6.45, 7) is 4.33. The molecular formula is C13H16N6. The molecule has 2 aliphatic rings. The van der Waals surface area contributed by atoms with E-state index in [0.29, 0.717) is 0 Å². The van der Waals surface area contributed by atoms with E-state index in [1.165, 1.54) is 0 Å². The van der Waals surface area contributed by atoms with Gasteiger partial charge in [0.2, 0.25) is 5.95 Å². The molecular weight excluding hydrogens is 240 g/mol. The summed E-state index contributed by atoms with van der Waals surface area (Å²) in [6, 6.07) is 10.1. The van der Waals surface area contributed by atoms with Gasteiger partial charge in [0.05, 0.1) is 5.69 Å². The predicted molar refractivity (Wildman–Crippen MR) is 71.2 cm³/mol. The van der Waals surface area contributed by atoms with Crippen molar-refractivity contribution in [1.29, 1.82) is 0 Å². The van der Waals surface area contributed by atoms with Gasteiger partial charge >= 0.3 is 0 Å². The first-order valence-electron chi connectivity index (χ1n) is 6.71. The van der Waals surface area contributed by atoms with Crippen molar-refractivity contribution in [2.75, 3.05) is 31.1 Å². The summed E-state index contributed by atoms with van der Waals surface area (Å²) in [7, 11) is 0. The van der Waals surface area contributed by atoms with E-state index in [-0.39, 0.29) is 0 Å². The molecule has 1 aromatic carbocycles. The van der Waals surface area contributed by atoms with Crippen molar-refractivity contribution in [3.05, 3.63) is 30.3 Å². The quantitative estimate of drug-likeness (QED) is 0.838. The highest BCUT2D eigenvalue weighted by atomic mass is 15.6. The maximum Gasteiger partial charge on any atom is 0.250 e. The number of rotatable bonds is 2. The van der Waals surface area contributed by atoms with Crippen LogP contribution in [0.1, 0.15) is 0 Å². The number of nitrogens with one attached hydrogen (secondary N) is 1. The highest BCUT2D eigenvalue weighted by Gasteiger charge is 2.37. The second-order valence-electron chi connectivity index (χ2n) is 5.31. The summed E-state index contributed by atoms with van der Waals surface area (Å²) in [5, 5.41) is 15.6. The molecule has 0 saturated carbocycles. The second kappa shape index (κ2) is 4.31. The lowest BCUT2D eigenvalue weighted by molar-refractivity contribution is 0.533. The van der Waals surface area contributed by atoms with Crippen molar-refractivity contribution >= 4 is 5.95 Å². The number of nitrogens with zero attached hydrogens (tertiary/aromatic N) is 5. The Labute approximate surface area is 111 Å². The third kappa shape index (κ3) is 1.79. The standard InChI is InChI=1S/C13H16N6/c1-2-4-12(5-3-1)19-13(15-16-17-19)18-8-10-6-14-7-11(10)9-18/h1-5,10-11,14H,6-9H2/t10-,11-/m1/s1. The number of benzene rings is 1. The van der Waals surface area contributed by atoms with Gasteiger partial charge in [-0.25, -0.2) is 0 Å². The van der Waals surface area contributed by atoms with Gasteiger partial charge < -0.3 is 10.2 Å². The van der Waals surface area contributed by atoms with Crippen LogP contribution in [0.25, 0.3) is 5.69 Å². The molecule has 0 aliphatic carbocycles. The third-order valence-electron chi connectivity index (χ3n) is 4.13. The van der Waals surface area contributed by atoms with Crippen molar-refractivity contribution in [1.82, 2.24) is 25.5 Å². The Balaban J connectivity index is 1.65. The van der Waals surface area contributed by atoms with Crippen LogP contribution in [0, 0.1) is 11.8 Å². The zero-order valence-electron chi connectivity index (χ0n) is 10.6. The Morgan fingerprint density at radius 3 is 2.53 bits per heavy atom. The molecule has 6 nitrogen and oxygen atoms in total. The van der Waals surface area contributed by atoms with Crippen molar-refractivity contribution in [3.63, 3.8) is 0 Å². The van der Waals surface area contributed by atoms with Gasteiger partial charge in [-0.15, -0.1) is 0 Å². The minimum absolute atomic E-state index is 0.737. The fraction of sp³-hybridized carbons (Fsp3) is 0.462. The Hall–Kier alpha value is -1.95. The Morgan fingerprint density at radius 2 is 1.79 bits per heavy atom. The summed E-state index contributed by atoms with van der Waals surface area (Å²) in [5.41, 5.74) is 1.01. The van der Waals surface area contributed by atoms with Gasteiger partial charge in [0.15, 0.2) is 0 Å². The van der Waals surface area contributed by atoms with Gasteiger partial charge in [-0.05, 0) is 34.4 Å². The predicted octanol–water partition coefficient (Wildman–Crippen LogP) is 0.318. The molecule has 3 heterocycles. The highest BCUT2D eigenvalue weighted by molar-refractivity contribution is 5.41. The number of fused-ring (bicyclic) bond motifs is 1. The van der Waals surface area contributed by atoms with Gasteiger partial charge in [0.1, 0.15) is 0 Å². The molecule has 0 radical (unpaired) electrons. The second-order valence-corrected chi connectivity index (χ2v) is 5.31. The number of aromatic nitrogens is 4. The topological polar surface area (TPSA) is 58.9 Å². The molecule has 2 aliphatic heterocycles. The average molecular weight is 256 g/mol. The lowest BCUT2D eigenvalue weighted by Crippen LogP contribution is -2.28. The zero-order chi connectivity index (χ0) is 12.7. The van der Waals surface area contributed by atoms with E-state index in [9.17, 15) is 0 Å². The van der Waals surface area contributed by atoms with Crippen molar-refractivity contribution in [2.24, 2.45) is 11.8 Å². The van der Waals surface area contributed by atoms with Gasteiger partial charge in [-0.2, -0.15) is 4.68 Å². The van der Waals surface area contributed by atoms with Gasteiger partial charge in [-0.3, -0.25) is 0 Å². The summed E-state index contributed by atoms with van der Waals surface area (Å²) >= 11 is 0. The maximum atomic E-state index is 4.21. The number of hydrogen-bond acceptors (Lipinski definition) is 5. The van der Waals surface area contributed by atoms with E-state index in [1.54, 1.807) is 0 Å². The summed E-state index contributed by atoms with van der Waals surface area (Å²) in [5.74, 6) is 2.34. The van der Waals surface area contributed by atoms with Crippen molar-refractivity contribution < 1.29 is 0 Å². The average Bonchev–Trinajstić information content (AvgIpc) is 3.14. The van der Waals surface area contributed by atoms with E-state index >= 15 is 0 Å². The molecule has 2 saturated heterocycles. The molecule has 2 fully saturated rings. The van der Waals surface area contributed by atoms with Crippen LogP contribution in [-0.2, 0) is 0 Å². The van der Waals surface area contributed by atoms with Gasteiger partial charge in [0.25, 0.3) is 0 Å². The zero-order valence-corrected chi connectivity index (χ0v) is 10.6. The van der Waals surface area contributed by atoms with E-state index in [2.05, 4.69) is 25.7 Å². The van der Waals surface area contributed by atoms with Crippen LogP contribution < -0.4 is 10.2 Å². The first-order chi connectivity index (χ1) is 9.42. The Bertz CT molecular complexity index is 554. The van der Waals surface area contributed by atoms with Crippen LogP contribution in [0.15, 0.2) is 30.3 Å². The molecule has 2 aromatic rings. The van der Waals surface area contributed by atoms with Crippen molar-refractivity contribution in [3.8, 4) is 5.69 Å². The molecule has 1 N–H and O–H groups in total. The van der Waals surface area contributed by atoms with E-state index in [1.807, 2.05) is 35.0 Å². The number of anilines is 1. The highest BCUT2D eigenvalue weighted by Crippen LogP contribution is 2.29. The van der Waals surface area contributed by atoms with E-state index < -0.39 is 0 Å². The largest absolute Gasteiger partial charge is 0.339 e. The molecule has 2 atom stereocenters. The van der Waals surface area contributed by atoms with E-state index in [0.717, 1.165) is 49.7 Å². The monoisotopic (exact) mass is 256 g/mol. The third-order valence-corrected chi connectivity index (χ3v) is 4.13. The number of para-hydroxylation sites is 1. The summed E-state index contributed by atoms with van der Waals surface area (Å²) < 4.78 is 1.83. The molecule has 6 heteroatoms. The first-order valence-corrected chi connectivity index (χ1v) is 6.71. The van der Waals surface area contributed by atoms with Crippen LogP contribution in [0.2, 0.25) is 0 Å². The maximum absolute atomic E-state index is 4.21. The van der Waals surface area contributed by atoms with Crippen LogP contribution in [0.5, 0.6) is 0 Å². The van der Waals surface area contributed by atoms with Gasteiger partial charge in [-0.1, -0.05) is 23.3 Å². The molecule has 98 valence electrons.